The summed E-state index contributed by atoms with van der Waals surface area (Å²) < 4.78 is 5.45. The monoisotopic (exact) mass is 418 g/mol. The van der Waals surface area contributed by atoms with E-state index in [1.807, 2.05) is 6.07 Å². The van der Waals surface area contributed by atoms with E-state index in [9.17, 15) is 0 Å². The largest absolute Gasteiger partial charge is 0.379 e. The number of nitrogens with one attached hydrogen (secondary N) is 1. The third-order valence-electron chi connectivity index (χ3n) is 3.66. The fourth-order valence-corrected chi connectivity index (χ4v) is 2.49. The predicted molar refractivity (Wildman–Crippen MR) is 102 cm³/mol. The lowest BCUT2D eigenvalue weighted by molar-refractivity contribution is 0.0180. The van der Waals surface area contributed by atoms with E-state index >= 15 is 0 Å². The molecule has 1 atom stereocenters. The van der Waals surface area contributed by atoms with Crippen molar-refractivity contribution < 1.29 is 4.74 Å². The fraction of sp³-hybridized carbons (Fsp3) is 0.562. The van der Waals surface area contributed by atoms with Crippen LogP contribution in [-0.2, 0) is 4.74 Å². The van der Waals surface area contributed by atoms with Crippen molar-refractivity contribution >= 4 is 29.9 Å². The summed E-state index contributed by atoms with van der Waals surface area (Å²) >= 11 is 0. The van der Waals surface area contributed by atoms with Crippen LogP contribution in [0.3, 0.4) is 0 Å². The second-order valence-corrected chi connectivity index (χ2v) is 5.23. The highest BCUT2D eigenvalue weighted by Gasteiger charge is 2.22. The molecule has 0 saturated carbocycles. The molecule has 1 saturated heterocycles. The Morgan fingerprint density at radius 2 is 2.00 bits per heavy atom. The number of rotatable bonds is 6. The lowest BCUT2D eigenvalue weighted by Crippen LogP contribution is -2.41. The van der Waals surface area contributed by atoms with Gasteiger partial charge in [-0.3, -0.25) is 9.89 Å². The molecule has 22 heavy (non-hydrogen) atoms. The van der Waals surface area contributed by atoms with E-state index < -0.39 is 0 Å². The van der Waals surface area contributed by atoms with Crippen LogP contribution in [0.5, 0.6) is 0 Å². The second-order valence-electron chi connectivity index (χ2n) is 5.23. The molecular formula is C16H27IN4O. The zero-order valence-corrected chi connectivity index (χ0v) is 15.5. The van der Waals surface area contributed by atoms with Crippen LogP contribution < -0.4 is 11.1 Å². The normalized spacial score (nSPS) is 17.6. The molecular weight excluding hydrogens is 391 g/mol. The number of benzene rings is 1. The van der Waals surface area contributed by atoms with Crippen molar-refractivity contribution in [2.45, 2.75) is 19.4 Å². The number of hydrogen-bond acceptors (Lipinski definition) is 3. The van der Waals surface area contributed by atoms with Crippen LogP contribution in [0, 0.1) is 0 Å². The Hall–Kier alpha value is -0.860. The van der Waals surface area contributed by atoms with Gasteiger partial charge in [0.2, 0.25) is 0 Å². The average Bonchev–Trinajstić information content (AvgIpc) is 2.55. The van der Waals surface area contributed by atoms with E-state index in [-0.39, 0.29) is 30.0 Å². The molecule has 1 unspecified atom stereocenters. The standard InChI is InChI=1S/C16H26N4O.HI/c1-2-8-18-16(17)19-13-15(14-6-4-3-5-7-14)20-9-11-21-12-10-20;/h3-7,15H,2,8-13H2,1H3,(H3,17,18,19);1H. The minimum Gasteiger partial charge on any atom is -0.379 e. The van der Waals surface area contributed by atoms with Crippen molar-refractivity contribution in [1.29, 1.82) is 0 Å². The van der Waals surface area contributed by atoms with E-state index in [4.69, 9.17) is 10.5 Å². The van der Waals surface area contributed by atoms with Gasteiger partial charge in [0.1, 0.15) is 0 Å². The summed E-state index contributed by atoms with van der Waals surface area (Å²) in [4.78, 5) is 6.94. The number of aliphatic imine (C=N–C) groups is 1. The average molecular weight is 418 g/mol. The van der Waals surface area contributed by atoms with E-state index in [0.717, 1.165) is 39.3 Å². The molecule has 0 aliphatic carbocycles. The van der Waals surface area contributed by atoms with Gasteiger partial charge in [0.25, 0.3) is 0 Å². The predicted octanol–water partition coefficient (Wildman–Crippen LogP) is 1.99. The summed E-state index contributed by atoms with van der Waals surface area (Å²) in [6.45, 7) is 7.11. The number of halogens is 1. The minimum absolute atomic E-state index is 0. The zero-order chi connectivity index (χ0) is 14.9. The van der Waals surface area contributed by atoms with E-state index in [2.05, 4.69) is 46.4 Å². The van der Waals surface area contributed by atoms with Gasteiger partial charge in [-0.25, -0.2) is 0 Å². The second kappa shape index (κ2) is 10.8. The first-order chi connectivity index (χ1) is 10.3. The third-order valence-corrected chi connectivity index (χ3v) is 3.66. The van der Waals surface area contributed by atoms with Gasteiger partial charge >= 0.3 is 0 Å². The summed E-state index contributed by atoms with van der Waals surface area (Å²) in [6, 6.07) is 10.8. The lowest BCUT2D eigenvalue weighted by Gasteiger charge is -2.34. The Morgan fingerprint density at radius 1 is 1.32 bits per heavy atom. The third kappa shape index (κ3) is 6.10. The Balaban J connectivity index is 0.00000242. The molecule has 1 aromatic rings. The highest BCUT2D eigenvalue weighted by molar-refractivity contribution is 14.0. The van der Waals surface area contributed by atoms with Crippen molar-refractivity contribution in [1.82, 2.24) is 10.2 Å². The van der Waals surface area contributed by atoms with Crippen LogP contribution in [0.25, 0.3) is 0 Å². The molecule has 6 heteroatoms. The van der Waals surface area contributed by atoms with Gasteiger partial charge in [-0.05, 0) is 12.0 Å². The lowest BCUT2D eigenvalue weighted by atomic mass is 10.1. The Bertz CT molecular complexity index is 435. The van der Waals surface area contributed by atoms with Crippen molar-refractivity contribution in [3.63, 3.8) is 0 Å². The van der Waals surface area contributed by atoms with Crippen LogP contribution in [0.1, 0.15) is 24.9 Å². The van der Waals surface area contributed by atoms with Crippen molar-refractivity contribution in [3.8, 4) is 0 Å². The summed E-state index contributed by atoms with van der Waals surface area (Å²) in [6.07, 6.45) is 1.04. The Kier molecular flexibility index (Phi) is 9.42. The first kappa shape index (κ1) is 19.2. The van der Waals surface area contributed by atoms with E-state index in [0.29, 0.717) is 12.5 Å². The van der Waals surface area contributed by atoms with Crippen LogP contribution >= 0.6 is 24.0 Å². The SMILES string of the molecule is CCCNC(N)=NCC(c1ccccc1)N1CCOCC1.I. The highest BCUT2D eigenvalue weighted by Crippen LogP contribution is 2.22. The van der Waals surface area contributed by atoms with Crippen molar-refractivity contribution in [3.05, 3.63) is 35.9 Å². The van der Waals surface area contributed by atoms with E-state index in [1.165, 1.54) is 5.56 Å². The number of nitrogens with zero attached hydrogens (tertiary/aromatic N) is 2. The van der Waals surface area contributed by atoms with Gasteiger partial charge < -0.3 is 15.8 Å². The molecule has 0 bridgehead atoms. The smallest absolute Gasteiger partial charge is 0.188 e. The maximum atomic E-state index is 5.91. The molecule has 0 radical (unpaired) electrons. The molecule has 0 amide bonds. The summed E-state index contributed by atoms with van der Waals surface area (Å²) in [5.41, 5.74) is 7.20. The van der Waals surface area contributed by atoms with Crippen LogP contribution in [0.4, 0.5) is 0 Å². The molecule has 0 spiro atoms. The van der Waals surface area contributed by atoms with Crippen LogP contribution in [0.2, 0.25) is 0 Å². The van der Waals surface area contributed by atoms with Gasteiger partial charge in [0.05, 0.1) is 25.8 Å². The number of guanidine groups is 1. The molecule has 2 rings (SSSR count). The quantitative estimate of drug-likeness (QED) is 0.422. The summed E-state index contributed by atoms with van der Waals surface area (Å²) in [5, 5.41) is 3.13. The molecule has 3 N–H and O–H groups in total. The summed E-state index contributed by atoms with van der Waals surface area (Å²) in [7, 11) is 0. The van der Waals surface area contributed by atoms with Crippen molar-refractivity contribution in [2.75, 3.05) is 39.4 Å². The molecule has 1 aliphatic rings. The van der Waals surface area contributed by atoms with Crippen LogP contribution in [-0.4, -0.2) is 50.3 Å². The number of ether oxygens (including phenoxy) is 1. The first-order valence-corrected chi connectivity index (χ1v) is 7.71. The van der Waals surface area contributed by atoms with Gasteiger partial charge in [-0.1, -0.05) is 37.3 Å². The molecule has 124 valence electrons. The first-order valence-electron chi connectivity index (χ1n) is 7.71. The zero-order valence-electron chi connectivity index (χ0n) is 13.2. The van der Waals surface area contributed by atoms with Gasteiger partial charge in [-0.2, -0.15) is 0 Å². The molecule has 0 aromatic heterocycles. The molecule has 1 aromatic carbocycles. The fourth-order valence-electron chi connectivity index (χ4n) is 2.49. The van der Waals surface area contributed by atoms with Crippen LogP contribution in [0.15, 0.2) is 35.3 Å². The molecule has 1 aliphatic heterocycles. The van der Waals surface area contributed by atoms with Gasteiger partial charge in [-0.15, -0.1) is 24.0 Å². The van der Waals surface area contributed by atoms with E-state index in [1.54, 1.807) is 0 Å². The summed E-state index contributed by atoms with van der Waals surface area (Å²) in [5.74, 6) is 0.533. The molecule has 1 fully saturated rings. The maximum absolute atomic E-state index is 5.91. The number of hydrogen-bond donors (Lipinski definition) is 2. The van der Waals surface area contributed by atoms with Gasteiger partial charge in [0, 0.05) is 19.6 Å². The number of morpholine rings is 1. The van der Waals surface area contributed by atoms with Gasteiger partial charge in [0.15, 0.2) is 5.96 Å². The highest BCUT2D eigenvalue weighted by atomic mass is 127. The Labute approximate surface area is 150 Å². The molecule has 1 heterocycles. The topological polar surface area (TPSA) is 62.9 Å². The molecule has 5 nitrogen and oxygen atoms in total. The maximum Gasteiger partial charge on any atom is 0.188 e. The van der Waals surface area contributed by atoms with Crippen molar-refractivity contribution in [2.24, 2.45) is 10.7 Å². The Morgan fingerprint density at radius 3 is 2.64 bits per heavy atom. The number of nitrogens with two attached hydrogens (primary N) is 1. The minimum atomic E-state index is 0.